The minimum absolute atomic E-state index is 0.268. The molecule has 1 aliphatic rings. The van der Waals surface area contributed by atoms with Crippen LogP contribution in [0.3, 0.4) is 0 Å². The van der Waals surface area contributed by atoms with E-state index in [1.54, 1.807) is 30.3 Å². The third-order valence-electron chi connectivity index (χ3n) is 3.32. The van der Waals surface area contributed by atoms with E-state index >= 15 is 0 Å². The molecule has 0 spiro atoms. The summed E-state index contributed by atoms with van der Waals surface area (Å²) in [4.78, 5) is 24.1. The maximum Gasteiger partial charge on any atom is 0.247 e. The third-order valence-corrected chi connectivity index (χ3v) is 4.33. The number of rotatable bonds is 5. The van der Waals surface area contributed by atoms with E-state index in [-0.39, 0.29) is 5.57 Å². The summed E-state index contributed by atoms with van der Waals surface area (Å²) in [5, 5.41) is 12.4. The lowest BCUT2D eigenvalue weighted by Gasteiger charge is -2.30. The van der Waals surface area contributed by atoms with Crippen LogP contribution >= 0.6 is 11.8 Å². The van der Waals surface area contributed by atoms with Crippen LogP contribution in [0.4, 0.5) is 0 Å². The molecule has 5 nitrogen and oxygen atoms in total. The van der Waals surface area contributed by atoms with E-state index in [2.05, 4.69) is 11.9 Å². The van der Waals surface area contributed by atoms with Gasteiger partial charge in [0.05, 0.1) is 16.7 Å². The number of nitrogens with one attached hydrogen (secondary N) is 1. The first kappa shape index (κ1) is 15.9. The van der Waals surface area contributed by atoms with Crippen molar-refractivity contribution in [2.45, 2.75) is 5.92 Å². The fourth-order valence-corrected chi connectivity index (χ4v) is 3.23. The Kier molecular flexibility index (Phi) is 5.02. The van der Waals surface area contributed by atoms with Gasteiger partial charge in [0.2, 0.25) is 11.8 Å². The van der Waals surface area contributed by atoms with Crippen LogP contribution in [0, 0.1) is 17.2 Å². The molecule has 1 aliphatic heterocycles. The normalized spacial score (nSPS) is 21.0. The Bertz CT molecular complexity index is 676. The van der Waals surface area contributed by atoms with Gasteiger partial charge in [-0.25, -0.2) is 0 Å². The molecule has 0 aliphatic carbocycles. The number of amides is 2. The van der Waals surface area contributed by atoms with Gasteiger partial charge in [-0.15, -0.1) is 18.3 Å². The van der Waals surface area contributed by atoms with Gasteiger partial charge in [-0.1, -0.05) is 36.4 Å². The lowest BCUT2D eigenvalue weighted by Crippen LogP contribution is -2.42. The van der Waals surface area contributed by atoms with Crippen LogP contribution in [0.1, 0.15) is 11.5 Å². The van der Waals surface area contributed by atoms with E-state index in [0.717, 1.165) is 5.56 Å². The number of nitrogens with zero attached hydrogens (tertiary/aromatic N) is 1. The van der Waals surface area contributed by atoms with Gasteiger partial charge in [0, 0.05) is 11.7 Å². The Labute approximate surface area is 132 Å². The summed E-state index contributed by atoms with van der Waals surface area (Å²) in [6.45, 7) is 3.62. The molecule has 0 unspecified atom stereocenters. The SMILES string of the molecule is C=CCSC1=C(C(N)=O)[C@@H](c2ccccc2)[C@H](C#N)C(=O)N1. The van der Waals surface area contributed by atoms with E-state index < -0.39 is 23.7 Å². The van der Waals surface area contributed by atoms with Crippen molar-refractivity contribution in [2.75, 3.05) is 5.75 Å². The van der Waals surface area contributed by atoms with Crippen LogP contribution in [0.15, 0.2) is 53.6 Å². The van der Waals surface area contributed by atoms with Crippen LogP contribution in [0.5, 0.6) is 0 Å². The number of primary amides is 1. The second-order valence-electron chi connectivity index (χ2n) is 4.69. The minimum Gasteiger partial charge on any atom is -0.366 e. The zero-order chi connectivity index (χ0) is 16.1. The number of benzene rings is 1. The van der Waals surface area contributed by atoms with Crippen molar-refractivity contribution in [1.29, 1.82) is 5.26 Å². The van der Waals surface area contributed by atoms with E-state index in [0.29, 0.717) is 10.8 Å². The Balaban J connectivity index is 2.60. The van der Waals surface area contributed by atoms with Gasteiger partial charge < -0.3 is 11.1 Å². The van der Waals surface area contributed by atoms with Gasteiger partial charge in [-0.05, 0) is 5.56 Å². The van der Waals surface area contributed by atoms with Crippen molar-refractivity contribution in [3.63, 3.8) is 0 Å². The molecule has 0 fully saturated rings. The quantitative estimate of drug-likeness (QED) is 0.808. The lowest BCUT2D eigenvalue weighted by atomic mass is 9.78. The van der Waals surface area contributed by atoms with Crippen molar-refractivity contribution in [3.05, 3.63) is 59.2 Å². The fourth-order valence-electron chi connectivity index (χ4n) is 2.39. The lowest BCUT2D eigenvalue weighted by molar-refractivity contribution is -0.123. The molecular weight excluding hydrogens is 298 g/mol. The first-order chi connectivity index (χ1) is 10.6. The van der Waals surface area contributed by atoms with Gasteiger partial charge in [0.25, 0.3) is 0 Å². The van der Waals surface area contributed by atoms with Gasteiger partial charge in [-0.3, -0.25) is 9.59 Å². The molecule has 3 N–H and O–H groups in total. The Morgan fingerprint density at radius 2 is 2.14 bits per heavy atom. The highest BCUT2D eigenvalue weighted by atomic mass is 32.2. The van der Waals surface area contributed by atoms with Crippen LogP contribution in [0.25, 0.3) is 0 Å². The number of carbonyl (C=O) groups excluding carboxylic acids is 2. The summed E-state index contributed by atoms with van der Waals surface area (Å²) >= 11 is 1.27. The van der Waals surface area contributed by atoms with E-state index in [1.807, 2.05) is 12.1 Å². The van der Waals surface area contributed by atoms with Crippen molar-refractivity contribution >= 4 is 23.6 Å². The maximum absolute atomic E-state index is 12.2. The summed E-state index contributed by atoms with van der Waals surface area (Å²) in [6.07, 6.45) is 1.66. The van der Waals surface area contributed by atoms with Gasteiger partial charge >= 0.3 is 0 Å². The zero-order valence-electron chi connectivity index (χ0n) is 11.8. The number of nitrogens with two attached hydrogens (primary N) is 1. The molecule has 0 saturated carbocycles. The fraction of sp³-hybridized carbons (Fsp3) is 0.188. The minimum atomic E-state index is -0.988. The second kappa shape index (κ2) is 6.96. The largest absolute Gasteiger partial charge is 0.366 e. The Morgan fingerprint density at radius 1 is 1.45 bits per heavy atom. The standard InChI is InChI=1S/C16H15N3O2S/c1-2-8-22-16-13(14(18)20)12(10-6-4-3-5-7-10)11(9-17)15(21)19-16/h2-7,11-12H,1,8H2,(H2,18,20)(H,19,21)/t11-,12-/m0/s1. The van der Waals surface area contributed by atoms with Crippen LogP contribution in [-0.4, -0.2) is 17.6 Å². The van der Waals surface area contributed by atoms with Crippen molar-refractivity contribution in [2.24, 2.45) is 11.7 Å². The van der Waals surface area contributed by atoms with Crippen molar-refractivity contribution < 1.29 is 9.59 Å². The number of hydrogen-bond acceptors (Lipinski definition) is 4. The molecule has 112 valence electrons. The molecule has 2 amide bonds. The topological polar surface area (TPSA) is 96.0 Å². The molecular formula is C16H15N3O2S. The highest BCUT2D eigenvalue weighted by Crippen LogP contribution is 2.39. The highest BCUT2D eigenvalue weighted by Gasteiger charge is 2.41. The molecule has 22 heavy (non-hydrogen) atoms. The third kappa shape index (κ3) is 3.05. The molecule has 0 radical (unpaired) electrons. The molecule has 6 heteroatoms. The summed E-state index contributed by atoms with van der Waals surface area (Å²) < 4.78 is 0. The van der Waals surface area contributed by atoms with Gasteiger partial charge in [0.15, 0.2) is 0 Å². The van der Waals surface area contributed by atoms with Gasteiger partial charge in [-0.2, -0.15) is 5.26 Å². The molecule has 0 aromatic heterocycles. The number of thioether (sulfide) groups is 1. The van der Waals surface area contributed by atoms with Crippen LogP contribution < -0.4 is 11.1 Å². The van der Waals surface area contributed by atoms with E-state index in [1.165, 1.54) is 11.8 Å². The Hall–Kier alpha value is -2.52. The monoisotopic (exact) mass is 313 g/mol. The number of nitriles is 1. The first-order valence-corrected chi connectivity index (χ1v) is 7.61. The van der Waals surface area contributed by atoms with Crippen molar-refractivity contribution in [3.8, 4) is 6.07 Å². The zero-order valence-corrected chi connectivity index (χ0v) is 12.6. The van der Waals surface area contributed by atoms with E-state index in [9.17, 15) is 14.9 Å². The summed E-state index contributed by atoms with van der Waals surface area (Å²) in [6, 6.07) is 11.0. The predicted octanol–water partition coefficient (Wildman–Crippen LogP) is 1.66. The second-order valence-corrected chi connectivity index (χ2v) is 5.72. The first-order valence-electron chi connectivity index (χ1n) is 6.63. The van der Waals surface area contributed by atoms with Crippen LogP contribution in [0.2, 0.25) is 0 Å². The average molecular weight is 313 g/mol. The highest BCUT2D eigenvalue weighted by molar-refractivity contribution is 8.03. The van der Waals surface area contributed by atoms with Crippen molar-refractivity contribution in [1.82, 2.24) is 5.32 Å². The smallest absolute Gasteiger partial charge is 0.247 e. The molecule has 2 rings (SSSR count). The molecule has 2 atom stereocenters. The molecule has 1 heterocycles. The average Bonchev–Trinajstić information content (AvgIpc) is 2.52. The number of hydrogen-bond donors (Lipinski definition) is 2. The molecule has 0 saturated heterocycles. The molecule has 1 aromatic carbocycles. The van der Waals surface area contributed by atoms with E-state index in [4.69, 9.17) is 5.73 Å². The number of carbonyl (C=O) groups is 2. The predicted molar refractivity (Wildman–Crippen MR) is 85.3 cm³/mol. The summed E-state index contributed by atoms with van der Waals surface area (Å²) in [5.74, 6) is -2.19. The van der Waals surface area contributed by atoms with Gasteiger partial charge in [0.1, 0.15) is 5.92 Å². The summed E-state index contributed by atoms with van der Waals surface area (Å²) in [5.41, 5.74) is 6.51. The maximum atomic E-state index is 12.2. The molecule has 1 aromatic rings. The Morgan fingerprint density at radius 3 is 2.68 bits per heavy atom. The molecule has 0 bridgehead atoms. The van der Waals surface area contributed by atoms with Crippen LogP contribution in [-0.2, 0) is 9.59 Å². The summed E-state index contributed by atoms with van der Waals surface area (Å²) in [7, 11) is 0.